The third kappa shape index (κ3) is 3.50. The van der Waals surface area contributed by atoms with Gasteiger partial charge >= 0.3 is 0 Å². The molecule has 1 heterocycles. The van der Waals surface area contributed by atoms with Crippen molar-refractivity contribution in [1.29, 1.82) is 0 Å². The fraction of sp³-hybridized carbons (Fsp3) is 0.500. The molecule has 2 rings (SSSR count). The van der Waals surface area contributed by atoms with Crippen molar-refractivity contribution in [2.45, 2.75) is 31.8 Å². The van der Waals surface area contributed by atoms with Gasteiger partial charge in [0.1, 0.15) is 11.6 Å². The van der Waals surface area contributed by atoms with Crippen molar-refractivity contribution in [2.75, 3.05) is 13.6 Å². The molecule has 1 N–H and O–H groups in total. The monoisotopic (exact) mass is 268 g/mol. The van der Waals surface area contributed by atoms with Crippen LogP contribution in [-0.4, -0.2) is 30.4 Å². The van der Waals surface area contributed by atoms with E-state index in [2.05, 4.69) is 5.32 Å². The maximum absolute atomic E-state index is 13.5. The molecule has 1 aliphatic heterocycles. The van der Waals surface area contributed by atoms with Gasteiger partial charge in [-0.05, 0) is 25.5 Å². The van der Waals surface area contributed by atoms with Crippen molar-refractivity contribution >= 4 is 5.91 Å². The summed E-state index contributed by atoms with van der Waals surface area (Å²) in [7, 11) is 1.64. The lowest BCUT2D eigenvalue weighted by atomic mass is 10.0. The normalized spacial score (nSPS) is 19.2. The van der Waals surface area contributed by atoms with Gasteiger partial charge in [-0.2, -0.15) is 0 Å². The summed E-state index contributed by atoms with van der Waals surface area (Å²) in [6.45, 7) is 0.998. The first-order chi connectivity index (χ1) is 9.08. The van der Waals surface area contributed by atoms with Crippen LogP contribution in [0.1, 0.15) is 24.8 Å². The Hall–Kier alpha value is -1.49. The number of halogens is 2. The van der Waals surface area contributed by atoms with E-state index in [1.807, 2.05) is 0 Å². The first-order valence-corrected chi connectivity index (χ1v) is 6.50. The molecule has 104 valence electrons. The van der Waals surface area contributed by atoms with Crippen LogP contribution >= 0.6 is 0 Å². The lowest BCUT2D eigenvalue weighted by Crippen LogP contribution is -2.47. The van der Waals surface area contributed by atoms with Gasteiger partial charge in [0.25, 0.3) is 0 Å². The number of carbonyl (C=O) groups excluding carboxylic acids is 1. The van der Waals surface area contributed by atoms with Crippen LogP contribution in [-0.2, 0) is 11.3 Å². The standard InChI is InChI=1S/C14H18F2N2O/c1-18(14(19)13-4-2-3-7-17-13)9-10-5-6-11(15)8-12(10)16/h5-6,8,13,17H,2-4,7,9H2,1H3/t13-/m0/s1. The van der Waals surface area contributed by atoms with E-state index >= 15 is 0 Å². The van der Waals surface area contributed by atoms with E-state index in [-0.39, 0.29) is 18.5 Å². The molecule has 3 nitrogen and oxygen atoms in total. The number of benzene rings is 1. The van der Waals surface area contributed by atoms with Crippen LogP contribution in [0.4, 0.5) is 8.78 Å². The van der Waals surface area contributed by atoms with E-state index in [0.29, 0.717) is 5.56 Å². The fourth-order valence-electron chi connectivity index (χ4n) is 2.31. The molecule has 0 spiro atoms. The Morgan fingerprint density at radius 2 is 2.21 bits per heavy atom. The van der Waals surface area contributed by atoms with Crippen LogP contribution in [0.3, 0.4) is 0 Å². The molecule has 1 atom stereocenters. The van der Waals surface area contributed by atoms with Crippen LogP contribution in [0.25, 0.3) is 0 Å². The highest BCUT2D eigenvalue weighted by atomic mass is 19.1. The van der Waals surface area contributed by atoms with Gasteiger partial charge in [-0.3, -0.25) is 4.79 Å². The molecule has 0 bridgehead atoms. The predicted octanol–water partition coefficient (Wildman–Crippen LogP) is 2.07. The molecule has 1 aromatic rings. The SMILES string of the molecule is CN(Cc1ccc(F)cc1F)C(=O)[C@@H]1CCCCN1. The van der Waals surface area contributed by atoms with Crippen LogP contribution < -0.4 is 5.32 Å². The Kier molecular flexibility index (Phi) is 4.47. The minimum absolute atomic E-state index is 0.0385. The zero-order valence-electron chi connectivity index (χ0n) is 11.0. The summed E-state index contributed by atoms with van der Waals surface area (Å²) in [5.41, 5.74) is 0.327. The number of carbonyl (C=O) groups is 1. The third-order valence-corrected chi connectivity index (χ3v) is 3.41. The number of nitrogens with zero attached hydrogens (tertiary/aromatic N) is 1. The first kappa shape index (κ1) is 13.9. The maximum atomic E-state index is 13.5. The van der Waals surface area contributed by atoms with Crippen molar-refractivity contribution in [3.63, 3.8) is 0 Å². The summed E-state index contributed by atoms with van der Waals surface area (Å²) in [5.74, 6) is -1.26. The summed E-state index contributed by atoms with van der Waals surface area (Å²) in [6, 6.07) is 3.24. The Bertz CT molecular complexity index is 459. The Labute approximate surface area is 111 Å². The van der Waals surface area contributed by atoms with Crippen molar-refractivity contribution in [3.05, 3.63) is 35.4 Å². The van der Waals surface area contributed by atoms with Crippen LogP contribution in [0.15, 0.2) is 18.2 Å². The molecule has 0 aliphatic carbocycles. The van der Waals surface area contributed by atoms with Gasteiger partial charge in [-0.25, -0.2) is 8.78 Å². The van der Waals surface area contributed by atoms with Crippen molar-refractivity contribution in [1.82, 2.24) is 10.2 Å². The second kappa shape index (κ2) is 6.10. The number of piperidine rings is 1. The highest BCUT2D eigenvalue weighted by molar-refractivity contribution is 5.81. The van der Waals surface area contributed by atoms with Gasteiger partial charge in [0.05, 0.1) is 6.04 Å². The minimum Gasteiger partial charge on any atom is -0.340 e. The summed E-state index contributed by atoms with van der Waals surface area (Å²) in [4.78, 5) is 13.6. The van der Waals surface area contributed by atoms with E-state index in [0.717, 1.165) is 31.9 Å². The zero-order valence-corrected chi connectivity index (χ0v) is 11.0. The molecule has 19 heavy (non-hydrogen) atoms. The van der Waals surface area contributed by atoms with E-state index in [9.17, 15) is 13.6 Å². The van der Waals surface area contributed by atoms with Crippen LogP contribution in [0.2, 0.25) is 0 Å². The highest BCUT2D eigenvalue weighted by Crippen LogP contribution is 2.14. The molecule has 5 heteroatoms. The average Bonchev–Trinajstić information content (AvgIpc) is 2.42. The molecule has 1 saturated heterocycles. The number of rotatable bonds is 3. The molecule has 1 aliphatic rings. The number of hydrogen-bond donors (Lipinski definition) is 1. The summed E-state index contributed by atoms with van der Waals surface area (Å²) >= 11 is 0. The van der Waals surface area contributed by atoms with Gasteiger partial charge in [-0.15, -0.1) is 0 Å². The van der Waals surface area contributed by atoms with Gasteiger partial charge in [0.2, 0.25) is 5.91 Å². The number of amides is 1. The Balaban J connectivity index is 1.99. The predicted molar refractivity (Wildman–Crippen MR) is 68.5 cm³/mol. The largest absolute Gasteiger partial charge is 0.340 e. The lowest BCUT2D eigenvalue weighted by Gasteiger charge is -2.27. The lowest BCUT2D eigenvalue weighted by molar-refractivity contribution is -0.133. The molecule has 1 fully saturated rings. The second-order valence-corrected chi connectivity index (χ2v) is 4.93. The van der Waals surface area contributed by atoms with E-state index in [4.69, 9.17) is 0 Å². The Morgan fingerprint density at radius 1 is 1.42 bits per heavy atom. The second-order valence-electron chi connectivity index (χ2n) is 4.93. The van der Waals surface area contributed by atoms with Crippen molar-refractivity contribution in [3.8, 4) is 0 Å². The molecule has 0 radical (unpaired) electrons. The van der Waals surface area contributed by atoms with E-state index < -0.39 is 11.6 Å². The zero-order chi connectivity index (χ0) is 13.8. The molecule has 1 aromatic carbocycles. The van der Waals surface area contributed by atoms with Crippen LogP contribution in [0.5, 0.6) is 0 Å². The fourth-order valence-corrected chi connectivity index (χ4v) is 2.31. The average molecular weight is 268 g/mol. The first-order valence-electron chi connectivity index (χ1n) is 6.50. The summed E-state index contributed by atoms with van der Waals surface area (Å²) < 4.78 is 26.3. The number of likely N-dealkylation sites (N-methyl/N-ethyl adjacent to an activating group) is 1. The van der Waals surface area contributed by atoms with Crippen molar-refractivity contribution in [2.24, 2.45) is 0 Å². The topological polar surface area (TPSA) is 32.3 Å². The maximum Gasteiger partial charge on any atom is 0.239 e. The third-order valence-electron chi connectivity index (χ3n) is 3.41. The molecule has 0 aromatic heterocycles. The summed E-state index contributed by atoms with van der Waals surface area (Å²) in [5, 5.41) is 3.16. The Morgan fingerprint density at radius 3 is 2.84 bits per heavy atom. The van der Waals surface area contributed by atoms with Gasteiger partial charge in [-0.1, -0.05) is 12.5 Å². The smallest absolute Gasteiger partial charge is 0.239 e. The van der Waals surface area contributed by atoms with Crippen molar-refractivity contribution < 1.29 is 13.6 Å². The summed E-state index contributed by atoms with van der Waals surface area (Å²) in [6.07, 6.45) is 2.93. The quantitative estimate of drug-likeness (QED) is 0.910. The van der Waals surface area contributed by atoms with Gasteiger partial charge in [0.15, 0.2) is 0 Å². The molecular weight excluding hydrogens is 250 g/mol. The molecule has 1 amide bonds. The van der Waals surface area contributed by atoms with E-state index in [1.54, 1.807) is 7.05 Å². The molecule has 0 unspecified atom stereocenters. The molecular formula is C14H18F2N2O. The molecule has 0 saturated carbocycles. The van der Waals surface area contributed by atoms with Gasteiger partial charge in [0, 0.05) is 25.2 Å². The number of nitrogens with one attached hydrogen (secondary N) is 1. The minimum atomic E-state index is -0.615. The van der Waals surface area contributed by atoms with Gasteiger partial charge < -0.3 is 10.2 Å². The number of hydrogen-bond acceptors (Lipinski definition) is 2. The van der Waals surface area contributed by atoms with E-state index in [1.165, 1.54) is 17.0 Å². The van der Waals surface area contributed by atoms with Crippen LogP contribution in [0, 0.1) is 11.6 Å². The highest BCUT2D eigenvalue weighted by Gasteiger charge is 2.24.